The molecule has 0 unspecified atom stereocenters. The first kappa shape index (κ1) is 12.3. The highest BCUT2D eigenvalue weighted by atomic mass is 35.5. The van der Waals surface area contributed by atoms with E-state index in [1.54, 1.807) is 0 Å². The summed E-state index contributed by atoms with van der Waals surface area (Å²) in [5.41, 5.74) is -0.332. The van der Waals surface area contributed by atoms with Gasteiger partial charge in [0.25, 0.3) is 5.56 Å². The smallest absolute Gasteiger partial charge is 0.271 e. The molecule has 0 radical (unpaired) electrons. The fourth-order valence-corrected chi connectivity index (χ4v) is 1.67. The average Bonchev–Trinajstić information content (AvgIpc) is 2.19. The number of nitrogens with one attached hydrogen (secondary N) is 1. The van der Waals surface area contributed by atoms with Crippen molar-refractivity contribution in [3.63, 3.8) is 0 Å². The molecule has 0 saturated heterocycles. The van der Waals surface area contributed by atoms with E-state index in [1.165, 1.54) is 6.33 Å². The Bertz CT molecular complexity index is 378. The van der Waals surface area contributed by atoms with Crippen molar-refractivity contribution in [1.29, 1.82) is 0 Å². The summed E-state index contributed by atoms with van der Waals surface area (Å²) in [5, 5.41) is 0.108. The van der Waals surface area contributed by atoms with Crippen LogP contribution < -0.4 is 10.5 Å². The molecule has 4 nitrogen and oxygen atoms in total. The maximum Gasteiger partial charge on any atom is 0.271 e. The first-order valence-electron chi connectivity index (χ1n) is 4.63. The third-order valence-corrected chi connectivity index (χ3v) is 2.51. The van der Waals surface area contributed by atoms with Crippen molar-refractivity contribution < 1.29 is 0 Å². The second kappa shape index (κ2) is 5.37. The number of H-pyrrole nitrogens is 1. The van der Waals surface area contributed by atoms with E-state index in [4.69, 9.17) is 23.2 Å². The topological polar surface area (TPSA) is 49.0 Å². The minimum absolute atomic E-state index is 0.108. The molecule has 15 heavy (non-hydrogen) atoms. The van der Waals surface area contributed by atoms with E-state index in [2.05, 4.69) is 9.97 Å². The number of nitrogens with zero attached hydrogens (tertiary/aromatic N) is 2. The van der Waals surface area contributed by atoms with Crippen LogP contribution in [0.4, 0.5) is 5.82 Å². The van der Waals surface area contributed by atoms with Crippen LogP contribution in [0.2, 0.25) is 5.02 Å². The van der Waals surface area contributed by atoms with E-state index in [-0.39, 0.29) is 16.6 Å². The molecule has 0 aliphatic carbocycles. The van der Waals surface area contributed by atoms with Crippen LogP contribution in [0, 0.1) is 0 Å². The SMILES string of the molecule is CC(C)N(CCCl)c1nc[nH]c(=O)c1Cl. The monoisotopic (exact) mass is 249 g/mol. The Morgan fingerprint density at radius 2 is 2.27 bits per heavy atom. The zero-order valence-electron chi connectivity index (χ0n) is 8.63. The predicted molar refractivity (Wildman–Crippen MR) is 63.1 cm³/mol. The summed E-state index contributed by atoms with van der Waals surface area (Å²) in [6.45, 7) is 4.59. The lowest BCUT2D eigenvalue weighted by Crippen LogP contribution is -2.34. The summed E-state index contributed by atoms with van der Waals surface area (Å²) < 4.78 is 0. The molecule has 0 spiro atoms. The van der Waals surface area contributed by atoms with Crippen LogP contribution in [0.15, 0.2) is 11.1 Å². The van der Waals surface area contributed by atoms with Gasteiger partial charge in [0.05, 0.1) is 6.33 Å². The molecule has 1 aromatic heterocycles. The quantitative estimate of drug-likeness (QED) is 0.830. The van der Waals surface area contributed by atoms with Gasteiger partial charge in [-0.15, -0.1) is 11.6 Å². The average molecular weight is 250 g/mol. The van der Waals surface area contributed by atoms with Gasteiger partial charge in [-0.2, -0.15) is 0 Å². The van der Waals surface area contributed by atoms with E-state index in [1.807, 2.05) is 18.7 Å². The predicted octanol–water partition coefficient (Wildman–Crippen LogP) is 1.88. The summed E-state index contributed by atoms with van der Waals surface area (Å²) in [7, 11) is 0. The molecule has 6 heteroatoms. The Kier molecular flexibility index (Phi) is 4.42. The molecule has 0 saturated carbocycles. The highest BCUT2D eigenvalue weighted by Crippen LogP contribution is 2.20. The van der Waals surface area contributed by atoms with Crippen molar-refractivity contribution in [1.82, 2.24) is 9.97 Å². The van der Waals surface area contributed by atoms with Gasteiger partial charge in [0.2, 0.25) is 0 Å². The second-order valence-corrected chi connectivity index (χ2v) is 4.10. The summed E-state index contributed by atoms with van der Waals surface area (Å²) in [4.78, 5) is 19.7. The van der Waals surface area contributed by atoms with Gasteiger partial charge in [-0.1, -0.05) is 11.6 Å². The first-order chi connectivity index (χ1) is 7.07. The largest absolute Gasteiger partial charge is 0.352 e. The number of anilines is 1. The number of halogens is 2. The molecule has 0 aromatic carbocycles. The van der Waals surface area contributed by atoms with Gasteiger partial charge in [-0.05, 0) is 13.8 Å². The van der Waals surface area contributed by atoms with Crippen molar-refractivity contribution in [2.75, 3.05) is 17.3 Å². The van der Waals surface area contributed by atoms with E-state index < -0.39 is 0 Å². The van der Waals surface area contributed by atoms with E-state index in [0.29, 0.717) is 18.2 Å². The molecule has 0 atom stereocenters. The lowest BCUT2D eigenvalue weighted by atomic mass is 10.3. The van der Waals surface area contributed by atoms with Crippen LogP contribution in [-0.4, -0.2) is 28.4 Å². The third-order valence-electron chi connectivity index (χ3n) is 2.00. The Hall–Kier alpha value is -0.740. The van der Waals surface area contributed by atoms with Crippen LogP contribution >= 0.6 is 23.2 Å². The molecule has 1 rings (SSSR count). The molecule has 0 aliphatic rings. The molecule has 0 amide bonds. The fraction of sp³-hybridized carbons (Fsp3) is 0.556. The molecule has 1 aromatic rings. The molecule has 1 N–H and O–H groups in total. The molecule has 84 valence electrons. The second-order valence-electron chi connectivity index (χ2n) is 3.35. The normalized spacial score (nSPS) is 10.7. The highest BCUT2D eigenvalue weighted by Gasteiger charge is 2.16. The molecular formula is C9H13Cl2N3O. The van der Waals surface area contributed by atoms with Gasteiger partial charge >= 0.3 is 0 Å². The van der Waals surface area contributed by atoms with Gasteiger partial charge < -0.3 is 9.88 Å². The summed E-state index contributed by atoms with van der Waals surface area (Å²) in [6.07, 6.45) is 1.34. The van der Waals surface area contributed by atoms with Crippen molar-refractivity contribution in [3.05, 3.63) is 21.7 Å². The van der Waals surface area contributed by atoms with Gasteiger partial charge in [0.15, 0.2) is 5.82 Å². The summed E-state index contributed by atoms with van der Waals surface area (Å²) in [5.74, 6) is 0.944. The first-order valence-corrected chi connectivity index (χ1v) is 5.55. The van der Waals surface area contributed by atoms with Crippen molar-refractivity contribution in [2.45, 2.75) is 19.9 Å². The van der Waals surface area contributed by atoms with Gasteiger partial charge in [-0.3, -0.25) is 4.79 Å². The Balaban J connectivity index is 3.11. The minimum atomic E-state index is -0.332. The minimum Gasteiger partial charge on any atom is -0.352 e. The maximum atomic E-state index is 11.3. The van der Waals surface area contributed by atoms with Crippen molar-refractivity contribution in [2.24, 2.45) is 0 Å². The molecule has 0 aliphatic heterocycles. The molecule has 0 bridgehead atoms. The zero-order valence-corrected chi connectivity index (χ0v) is 10.1. The third kappa shape index (κ3) is 2.86. The zero-order chi connectivity index (χ0) is 11.4. The lowest BCUT2D eigenvalue weighted by Gasteiger charge is -2.27. The molecule has 1 heterocycles. The van der Waals surface area contributed by atoms with E-state index in [9.17, 15) is 4.79 Å². The number of alkyl halides is 1. The van der Waals surface area contributed by atoms with Crippen LogP contribution in [0.5, 0.6) is 0 Å². The summed E-state index contributed by atoms with van der Waals surface area (Å²) in [6, 6.07) is 0.190. The van der Waals surface area contributed by atoms with E-state index in [0.717, 1.165) is 0 Å². The Morgan fingerprint density at radius 1 is 1.60 bits per heavy atom. The standard InChI is InChI=1S/C9H13Cl2N3O/c1-6(2)14(4-3-10)8-7(11)9(15)13-5-12-8/h5-6H,3-4H2,1-2H3,(H,12,13,15). The van der Waals surface area contributed by atoms with Crippen LogP contribution in [0.25, 0.3) is 0 Å². The maximum absolute atomic E-state index is 11.3. The lowest BCUT2D eigenvalue weighted by molar-refractivity contribution is 0.693. The Labute approximate surface area is 98.2 Å². The van der Waals surface area contributed by atoms with Crippen LogP contribution in [0.1, 0.15) is 13.8 Å². The number of aromatic amines is 1. The number of hydrogen-bond acceptors (Lipinski definition) is 3. The Morgan fingerprint density at radius 3 is 2.80 bits per heavy atom. The summed E-state index contributed by atoms with van der Waals surface area (Å²) >= 11 is 11.6. The number of aromatic nitrogens is 2. The van der Waals surface area contributed by atoms with Crippen molar-refractivity contribution in [3.8, 4) is 0 Å². The molecule has 0 fully saturated rings. The van der Waals surface area contributed by atoms with E-state index >= 15 is 0 Å². The van der Waals surface area contributed by atoms with Crippen LogP contribution in [-0.2, 0) is 0 Å². The number of rotatable bonds is 4. The number of hydrogen-bond donors (Lipinski definition) is 1. The van der Waals surface area contributed by atoms with Gasteiger partial charge in [0.1, 0.15) is 5.02 Å². The molecular weight excluding hydrogens is 237 g/mol. The highest BCUT2D eigenvalue weighted by molar-refractivity contribution is 6.32. The van der Waals surface area contributed by atoms with Gasteiger partial charge in [0, 0.05) is 18.5 Å². The van der Waals surface area contributed by atoms with Gasteiger partial charge in [-0.25, -0.2) is 4.98 Å². The van der Waals surface area contributed by atoms with Crippen LogP contribution in [0.3, 0.4) is 0 Å². The fourth-order valence-electron chi connectivity index (χ4n) is 1.27. The van der Waals surface area contributed by atoms with Crippen molar-refractivity contribution >= 4 is 29.0 Å².